The van der Waals surface area contributed by atoms with E-state index < -0.39 is 0 Å². The average Bonchev–Trinajstić information content (AvgIpc) is 2.66. The molecule has 0 unspecified atom stereocenters. The number of anilines is 1. The first kappa shape index (κ1) is 13.4. The van der Waals surface area contributed by atoms with Gasteiger partial charge < -0.3 is 5.32 Å². The molecule has 0 aromatic carbocycles. The molecule has 0 amide bonds. The Morgan fingerprint density at radius 1 is 1.25 bits per heavy atom. The van der Waals surface area contributed by atoms with E-state index in [-0.39, 0.29) is 0 Å². The number of hydrogen-bond acceptors (Lipinski definition) is 5. The first-order chi connectivity index (χ1) is 7.76. The molecule has 4 nitrogen and oxygen atoms in total. The van der Waals surface area contributed by atoms with Crippen molar-refractivity contribution in [1.82, 2.24) is 15.1 Å². The summed E-state index contributed by atoms with van der Waals surface area (Å²) in [5.74, 6) is 0. The normalized spacial score (nSPS) is 11.0. The molecule has 1 N–H and O–H groups in total. The van der Waals surface area contributed by atoms with Crippen LogP contribution in [0.3, 0.4) is 0 Å². The quantitative estimate of drug-likeness (QED) is 0.711. The van der Waals surface area contributed by atoms with E-state index in [1.807, 2.05) is 0 Å². The van der Waals surface area contributed by atoms with Gasteiger partial charge in [0.2, 0.25) is 5.13 Å². The summed E-state index contributed by atoms with van der Waals surface area (Å²) < 4.78 is 0. The van der Waals surface area contributed by atoms with Crippen molar-refractivity contribution in [3.63, 3.8) is 0 Å². The molecule has 0 radical (unpaired) electrons. The number of hydrogen-bond donors (Lipinski definition) is 1. The zero-order valence-electron chi connectivity index (χ0n) is 10.5. The predicted octanol–water partition coefficient (Wildman–Crippen LogP) is 2.59. The number of rotatable bonds is 8. The van der Waals surface area contributed by atoms with Gasteiger partial charge in [-0.05, 0) is 26.9 Å². The summed E-state index contributed by atoms with van der Waals surface area (Å²) in [5.41, 5.74) is 0. The second-order valence-corrected chi connectivity index (χ2v) is 5.04. The van der Waals surface area contributed by atoms with Crippen LogP contribution in [0.5, 0.6) is 0 Å². The van der Waals surface area contributed by atoms with E-state index in [0.29, 0.717) is 0 Å². The molecular weight excluding hydrogens is 220 g/mol. The Hall–Kier alpha value is -0.680. The van der Waals surface area contributed by atoms with Gasteiger partial charge in [-0.25, -0.2) is 0 Å². The molecule has 0 aliphatic rings. The lowest BCUT2D eigenvalue weighted by atomic mass is 10.2. The maximum Gasteiger partial charge on any atom is 0.205 e. The third kappa shape index (κ3) is 4.90. The van der Waals surface area contributed by atoms with Crippen LogP contribution in [-0.2, 0) is 6.54 Å². The number of aromatic nitrogens is 2. The Kier molecular flexibility index (Phi) is 6.33. The highest BCUT2D eigenvalue weighted by atomic mass is 32.1. The molecule has 1 rings (SSSR count). The molecule has 1 heterocycles. The molecule has 0 saturated carbocycles. The second kappa shape index (κ2) is 7.57. The van der Waals surface area contributed by atoms with E-state index in [0.717, 1.165) is 29.8 Å². The summed E-state index contributed by atoms with van der Waals surface area (Å²) in [7, 11) is 2.14. The largest absolute Gasteiger partial charge is 0.360 e. The Bertz CT molecular complexity index is 287. The van der Waals surface area contributed by atoms with Gasteiger partial charge in [0.1, 0.15) is 5.01 Å². The highest BCUT2D eigenvalue weighted by molar-refractivity contribution is 7.15. The van der Waals surface area contributed by atoms with Gasteiger partial charge in [0.25, 0.3) is 0 Å². The third-order valence-corrected chi connectivity index (χ3v) is 3.21. The minimum absolute atomic E-state index is 0.904. The molecule has 0 fully saturated rings. The van der Waals surface area contributed by atoms with Crippen LogP contribution >= 0.6 is 11.3 Å². The molecule has 0 atom stereocenters. The topological polar surface area (TPSA) is 41.1 Å². The van der Waals surface area contributed by atoms with E-state index in [9.17, 15) is 0 Å². The fraction of sp³-hybridized carbons (Fsp3) is 0.818. The highest BCUT2D eigenvalue weighted by Gasteiger charge is 2.06. The van der Waals surface area contributed by atoms with Crippen molar-refractivity contribution in [1.29, 1.82) is 0 Å². The maximum atomic E-state index is 4.17. The van der Waals surface area contributed by atoms with Crippen LogP contribution in [0.15, 0.2) is 0 Å². The Morgan fingerprint density at radius 3 is 2.75 bits per heavy atom. The molecule has 0 aliphatic heterocycles. The molecule has 1 aromatic heterocycles. The first-order valence-electron chi connectivity index (χ1n) is 6.01. The van der Waals surface area contributed by atoms with Crippen molar-refractivity contribution in [2.24, 2.45) is 0 Å². The predicted molar refractivity (Wildman–Crippen MR) is 69.9 cm³/mol. The SMILES string of the molecule is CCCCCN(C)Cc1nnc(NCC)s1. The van der Waals surface area contributed by atoms with Gasteiger partial charge in [-0.2, -0.15) is 0 Å². The van der Waals surface area contributed by atoms with Crippen LogP contribution in [0.1, 0.15) is 38.1 Å². The highest BCUT2D eigenvalue weighted by Crippen LogP contribution is 2.16. The van der Waals surface area contributed by atoms with Gasteiger partial charge in [0, 0.05) is 6.54 Å². The van der Waals surface area contributed by atoms with Crippen molar-refractivity contribution >= 4 is 16.5 Å². The van der Waals surface area contributed by atoms with E-state index in [4.69, 9.17) is 0 Å². The molecule has 0 aliphatic carbocycles. The molecule has 1 aromatic rings. The molecule has 0 saturated heterocycles. The van der Waals surface area contributed by atoms with Gasteiger partial charge in [-0.3, -0.25) is 4.90 Å². The van der Waals surface area contributed by atoms with Crippen LogP contribution in [0.2, 0.25) is 0 Å². The van der Waals surface area contributed by atoms with Crippen LogP contribution < -0.4 is 5.32 Å². The molecule has 92 valence electrons. The Labute approximate surface area is 102 Å². The van der Waals surface area contributed by atoms with Crippen LogP contribution in [0.25, 0.3) is 0 Å². The summed E-state index contributed by atoms with van der Waals surface area (Å²) in [4.78, 5) is 2.31. The molecular formula is C11H22N4S. The van der Waals surface area contributed by atoms with Gasteiger partial charge in [0.15, 0.2) is 0 Å². The van der Waals surface area contributed by atoms with Gasteiger partial charge in [-0.15, -0.1) is 10.2 Å². The third-order valence-electron chi connectivity index (χ3n) is 2.34. The van der Waals surface area contributed by atoms with Crippen molar-refractivity contribution in [2.75, 3.05) is 25.5 Å². The van der Waals surface area contributed by atoms with Gasteiger partial charge in [-0.1, -0.05) is 31.1 Å². The zero-order chi connectivity index (χ0) is 11.8. The summed E-state index contributed by atoms with van der Waals surface area (Å²) in [6, 6.07) is 0. The number of nitrogens with zero attached hydrogens (tertiary/aromatic N) is 3. The van der Waals surface area contributed by atoms with E-state index in [1.54, 1.807) is 11.3 Å². The van der Waals surface area contributed by atoms with Crippen molar-refractivity contribution in [2.45, 2.75) is 39.7 Å². The minimum atomic E-state index is 0.904. The smallest absolute Gasteiger partial charge is 0.205 e. The Balaban J connectivity index is 2.28. The lowest BCUT2D eigenvalue weighted by Gasteiger charge is -2.13. The lowest BCUT2D eigenvalue weighted by Crippen LogP contribution is -2.18. The summed E-state index contributed by atoms with van der Waals surface area (Å²) in [6.45, 7) is 7.25. The van der Waals surface area contributed by atoms with E-state index >= 15 is 0 Å². The maximum absolute atomic E-state index is 4.17. The standard InChI is InChI=1S/C11H22N4S/c1-4-6-7-8-15(3)9-10-13-14-11(16-10)12-5-2/h4-9H2,1-3H3,(H,12,14). The van der Waals surface area contributed by atoms with Crippen LogP contribution in [0, 0.1) is 0 Å². The van der Waals surface area contributed by atoms with Gasteiger partial charge in [0.05, 0.1) is 6.54 Å². The van der Waals surface area contributed by atoms with Crippen molar-refractivity contribution in [3.05, 3.63) is 5.01 Å². The van der Waals surface area contributed by atoms with E-state index in [2.05, 4.69) is 41.3 Å². The van der Waals surface area contributed by atoms with Crippen LogP contribution in [-0.4, -0.2) is 35.2 Å². The zero-order valence-corrected chi connectivity index (χ0v) is 11.3. The van der Waals surface area contributed by atoms with E-state index in [1.165, 1.54) is 19.3 Å². The van der Waals surface area contributed by atoms with Crippen molar-refractivity contribution in [3.8, 4) is 0 Å². The lowest BCUT2D eigenvalue weighted by molar-refractivity contribution is 0.317. The molecule has 5 heteroatoms. The van der Waals surface area contributed by atoms with Crippen LogP contribution in [0.4, 0.5) is 5.13 Å². The fourth-order valence-corrected chi connectivity index (χ4v) is 2.37. The minimum Gasteiger partial charge on any atom is -0.360 e. The van der Waals surface area contributed by atoms with Gasteiger partial charge >= 0.3 is 0 Å². The number of unbranched alkanes of at least 4 members (excludes halogenated alkanes) is 2. The summed E-state index contributed by atoms with van der Waals surface area (Å²) in [5, 5.41) is 13.5. The second-order valence-electron chi connectivity index (χ2n) is 3.98. The molecule has 0 bridgehead atoms. The monoisotopic (exact) mass is 242 g/mol. The van der Waals surface area contributed by atoms with Crippen molar-refractivity contribution < 1.29 is 0 Å². The Morgan fingerprint density at radius 2 is 2.06 bits per heavy atom. The number of nitrogens with one attached hydrogen (secondary N) is 1. The molecule has 16 heavy (non-hydrogen) atoms. The average molecular weight is 242 g/mol. The summed E-state index contributed by atoms with van der Waals surface area (Å²) in [6.07, 6.45) is 3.85. The first-order valence-corrected chi connectivity index (χ1v) is 6.82. The fourth-order valence-electron chi connectivity index (χ4n) is 1.48. The summed E-state index contributed by atoms with van der Waals surface area (Å²) >= 11 is 1.65. The molecule has 0 spiro atoms.